The maximum atomic E-state index is 12.8. The monoisotopic (exact) mass is 377 g/mol. The number of ether oxygens (including phenoxy) is 2. The summed E-state index contributed by atoms with van der Waals surface area (Å²) >= 11 is 0. The molecule has 1 N–H and O–H groups in total. The van der Waals surface area contributed by atoms with Crippen molar-refractivity contribution in [3.05, 3.63) is 30.1 Å². The molecule has 4 atom stereocenters. The van der Waals surface area contributed by atoms with Gasteiger partial charge in [-0.3, -0.25) is 19.4 Å². The van der Waals surface area contributed by atoms with Crippen molar-refractivity contribution in [1.82, 2.24) is 4.98 Å². The molecule has 1 aliphatic rings. The van der Waals surface area contributed by atoms with E-state index in [9.17, 15) is 19.5 Å². The molecule has 7 heteroatoms. The largest absolute Gasteiger partial charge is 0.463 e. The highest BCUT2D eigenvalue weighted by Gasteiger charge is 2.57. The predicted molar refractivity (Wildman–Crippen MR) is 96.7 cm³/mol. The summed E-state index contributed by atoms with van der Waals surface area (Å²) in [5.41, 5.74) is -1.15. The molecule has 0 aromatic carbocycles. The first kappa shape index (κ1) is 21.0. The number of pyridine rings is 1. The Kier molecular flexibility index (Phi) is 6.36. The summed E-state index contributed by atoms with van der Waals surface area (Å²) in [6.45, 7) is 8.19. The van der Waals surface area contributed by atoms with Gasteiger partial charge < -0.3 is 14.6 Å². The van der Waals surface area contributed by atoms with Crippen LogP contribution in [0.15, 0.2) is 24.5 Å². The van der Waals surface area contributed by atoms with E-state index >= 15 is 0 Å². The summed E-state index contributed by atoms with van der Waals surface area (Å²) in [7, 11) is 0. The predicted octanol–water partition coefficient (Wildman–Crippen LogP) is 2.02. The Morgan fingerprint density at radius 1 is 1.19 bits per heavy atom. The summed E-state index contributed by atoms with van der Waals surface area (Å²) in [6.07, 6.45) is 1.89. The van der Waals surface area contributed by atoms with E-state index in [0.717, 1.165) is 0 Å². The van der Waals surface area contributed by atoms with Crippen molar-refractivity contribution in [3.63, 3.8) is 0 Å². The molecule has 0 amide bonds. The van der Waals surface area contributed by atoms with Gasteiger partial charge in [-0.2, -0.15) is 0 Å². The summed E-state index contributed by atoms with van der Waals surface area (Å²) in [5.74, 6) is -5.06. The number of esters is 2. The first-order chi connectivity index (χ1) is 12.5. The smallest absolute Gasteiger partial charge is 0.317 e. The van der Waals surface area contributed by atoms with E-state index < -0.39 is 53.3 Å². The maximum absolute atomic E-state index is 12.8. The number of hydrogen-bond acceptors (Lipinski definition) is 7. The van der Waals surface area contributed by atoms with Crippen LogP contribution in [0.5, 0.6) is 0 Å². The molecule has 7 nitrogen and oxygen atoms in total. The molecule has 0 aliphatic heterocycles. The lowest BCUT2D eigenvalue weighted by atomic mass is 9.62. The van der Waals surface area contributed by atoms with E-state index in [2.05, 4.69) is 4.98 Å². The Morgan fingerprint density at radius 3 is 2.30 bits per heavy atom. The van der Waals surface area contributed by atoms with Gasteiger partial charge in [0, 0.05) is 24.7 Å². The van der Waals surface area contributed by atoms with E-state index in [1.807, 2.05) is 0 Å². The summed E-state index contributed by atoms with van der Waals surface area (Å²) < 4.78 is 10.6. The van der Waals surface area contributed by atoms with Crippen molar-refractivity contribution in [3.8, 4) is 0 Å². The topological polar surface area (TPSA) is 103 Å². The molecule has 1 aliphatic carbocycles. The van der Waals surface area contributed by atoms with Crippen molar-refractivity contribution >= 4 is 17.7 Å². The van der Waals surface area contributed by atoms with Crippen LogP contribution in [-0.4, -0.2) is 45.6 Å². The van der Waals surface area contributed by atoms with Crippen molar-refractivity contribution in [2.75, 3.05) is 0 Å². The second-order valence-corrected chi connectivity index (χ2v) is 7.74. The first-order valence-corrected chi connectivity index (χ1v) is 9.10. The van der Waals surface area contributed by atoms with Crippen LogP contribution in [0.2, 0.25) is 0 Å². The summed E-state index contributed by atoms with van der Waals surface area (Å²) in [4.78, 5) is 42.4. The van der Waals surface area contributed by atoms with E-state index in [1.54, 1.807) is 46.0 Å². The van der Waals surface area contributed by atoms with Crippen LogP contribution in [0.4, 0.5) is 0 Å². The highest BCUT2D eigenvalue weighted by Crippen LogP contribution is 2.46. The fourth-order valence-corrected chi connectivity index (χ4v) is 3.60. The highest BCUT2D eigenvalue weighted by molar-refractivity contribution is 6.02. The van der Waals surface area contributed by atoms with Gasteiger partial charge in [-0.15, -0.1) is 0 Å². The van der Waals surface area contributed by atoms with Crippen LogP contribution in [0.1, 0.15) is 52.5 Å². The van der Waals surface area contributed by atoms with Crippen LogP contribution in [0.25, 0.3) is 0 Å². The fraction of sp³-hybridized carbons (Fsp3) is 0.600. The average molecular weight is 377 g/mol. The van der Waals surface area contributed by atoms with Gasteiger partial charge in [0.1, 0.15) is 5.92 Å². The Hall–Kier alpha value is -2.28. The third kappa shape index (κ3) is 4.71. The van der Waals surface area contributed by atoms with Crippen molar-refractivity contribution in [1.29, 1.82) is 0 Å². The SMILES string of the molecule is CC(C)OC(=O)[C@@H]1C(=O)C[C@@](C)(O)[C@H](C(=O)OC(C)C)[C@@H]1c1cccnc1. The Morgan fingerprint density at radius 2 is 1.78 bits per heavy atom. The molecule has 1 heterocycles. The molecule has 1 fully saturated rings. The van der Waals surface area contributed by atoms with Crippen LogP contribution >= 0.6 is 0 Å². The molecule has 0 bridgehead atoms. The molecule has 0 radical (unpaired) electrons. The van der Waals surface area contributed by atoms with Crippen LogP contribution in [0.3, 0.4) is 0 Å². The third-order valence-corrected chi connectivity index (χ3v) is 4.55. The standard InChI is InChI=1S/C20H27NO6/c1-11(2)26-18(23)16-14(22)9-20(5,25)17(19(24)27-12(3)4)15(16)13-7-6-8-21-10-13/h6-8,10-12,15-17,25H,9H2,1-5H3/t15-,16-,17+,20-/m1/s1. The van der Waals surface area contributed by atoms with E-state index in [0.29, 0.717) is 5.56 Å². The van der Waals surface area contributed by atoms with Gasteiger partial charge in [-0.05, 0) is 46.2 Å². The van der Waals surface area contributed by atoms with E-state index in [4.69, 9.17) is 9.47 Å². The Bertz CT molecular complexity index is 690. The number of carbonyl (C=O) groups is 3. The number of Topliss-reactive ketones (excluding diaryl/α,β-unsaturated/α-hetero) is 1. The molecule has 0 spiro atoms. The zero-order valence-electron chi connectivity index (χ0n) is 16.3. The molecule has 1 saturated carbocycles. The van der Waals surface area contributed by atoms with Crippen molar-refractivity contribution in [2.24, 2.45) is 11.8 Å². The second kappa shape index (κ2) is 8.17. The number of hydrogen-bond donors (Lipinski definition) is 1. The Labute approximate surface area is 159 Å². The molecule has 1 aromatic rings. The minimum atomic E-state index is -1.65. The van der Waals surface area contributed by atoms with Gasteiger partial charge >= 0.3 is 11.9 Å². The minimum Gasteiger partial charge on any atom is -0.463 e. The highest BCUT2D eigenvalue weighted by atomic mass is 16.5. The van der Waals surface area contributed by atoms with E-state index in [-0.39, 0.29) is 6.42 Å². The number of carbonyl (C=O) groups excluding carboxylic acids is 3. The van der Waals surface area contributed by atoms with Crippen molar-refractivity contribution in [2.45, 2.75) is 64.8 Å². The first-order valence-electron chi connectivity index (χ1n) is 9.10. The zero-order chi connectivity index (χ0) is 20.4. The maximum Gasteiger partial charge on any atom is 0.317 e. The number of ketones is 1. The fourth-order valence-electron chi connectivity index (χ4n) is 3.60. The lowest BCUT2D eigenvalue weighted by Crippen LogP contribution is -2.55. The van der Waals surface area contributed by atoms with Gasteiger partial charge in [0.05, 0.1) is 23.7 Å². The quantitative estimate of drug-likeness (QED) is 0.618. The number of nitrogens with zero attached hydrogens (tertiary/aromatic N) is 1. The molecule has 0 saturated heterocycles. The molecule has 27 heavy (non-hydrogen) atoms. The summed E-state index contributed by atoms with van der Waals surface area (Å²) in [6, 6.07) is 3.33. The number of rotatable bonds is 5. The third-order valence-electron chi connectivity index (χ3n) is 4.55. The Balaban J connectivity index is 2.57. The molecular formula is C20H27NO6. The zero-order valence-corrected chi connectivity index (χ0v) is 16.3. The van der Waals surface area contributed by atoms with Gasteiger partial charge in [0.2, 0.25) is 0 Å². The normalized spacial score (nSPS) is 28.3. The van der Waals surface area contributed by atoms with Crippen molar-refractivity contribution < 1.29 is 29.0 Å². The molecule has 1 aromatic heterocycles. The second-order valence-electron chi connectivity index (χ2n) is 7.74. The molecular weight excluding hydrogens is 350 g/mol. The van der Waals surface area contributed by atoms with Gasteiger partial charge in [-0.1, -0.05) is 6.07 Å². The van der Waals surface area contributed by atoms with Gasteiger partial charge in [0.25, 0.3) is 0 Å². The van der Waals surface area contributed by atoms with Crippen LogP contribution in [-0.2, 0) is 23.9 Å². The summed E-state index contributed by atoms with van der Waals surface area (Å²) in [5, 5.41) is 10.9. The van der Waals surface area contributed by atoms with Gasteiger partial charge in [-0.25, -0.2) is 0 Å². The molecule has 2 rings (SSSR count). The van der Waals surface area contributed by atoms with E-state index in [1.165, 1.54) is 13.1 Å². The van der Waals surface area contributed by atoms with Crippen LogP contribution in [0, 0.1) is 11.8 Å². The minimum absolute atomic E-state index is 0.334. The lowest BCUT2D eigenvalue weighted by Gasteiger charge is -2.43. The molecule has 0 unspecified atom stereocenters. The number of aromatic nitrogens is 1. The lowest BCUT2D eigenvalue weighted by molar-refractivity contribution is -0.176. The molecule has 148 valence electrons. The van der Waals surface area contributed by atoms with Gasteiger partial charge in [0.15, 0.2) is 5.78 Å². The number of aliphatic hydroxyl groups is 1. The van der Waals surface area contributed by atoms with Crippen LogP contribution < -0.4 is 0 Å². The average Bonchev–Trinajstić information content (AvgIpc) is 2.52.